The van der Waals surface area contributed by atoms with Gasteiger partial charge in [-0.15, -0.1) is 0 Å². The van der Waals surface area contributed by atoms with Crippen LogP contribution in [0.2, 0.25) is 0 Å². The fourth-order valence-corrected chi connectivity index (χ4v) is 1.65. The highest BCUT2D eigenvalue weighted by Gasteiger charge is 2.05. The van der Waals surface area contributed by atoms with Crippen LogP contribution < -0.4 is 5.32 Å². The summed E-state index contributed by atoms with van der Waals surface area (Å²) >= 11 is 3.37. The van der Waals surface area contributed by atoms with Gasteiger partial charge in [0, 0.05) is 17.1 Å². The lowest BCUT2D eigenvalue weighted by Gasteiger charge is -2.14. The zero-order valence-electron chi connectivity index (χ0n) is 9.63. The summed E-state index contributed by atoms with van der Waals surface area (Å²) in [5, 5.41) is 3.21. The van der Waals surface area contributed by atoms with Crippen LogP contribution in [0.15, 0.2) is 28.7 Å². The second kappa shape index (κ2) is 7.74. The van der Waals surface area contributed by atoms with Gasteiger partial charge < -0.3 is 10.1 Å². The van der Waals surface area contributed by atoms with E-state index >= 15 is 0 Å². The van der Waals surface area contributed by atoms with Crippen LogP contribution in [0.4, 0.5) is 8.78 Å². The van der Waals surface area contributed by atoms with Crippen LogP contribution >= 0.6 is 15.9 Å². The molecule has 0 amide bonds. The molecule has 1 N–H and O–H groups in total. The SMILES string of the molecule is CC(NCCOCC(F)F)c1ccc(Br)cc1. The van der Waals surface area contributed by atoms with Crippen LogP contribution in [0.5, 0.6) is 0 Å². The van der Waals surface area contributed by atoms with E-state index in [0.717, 1.165) is 10.0 Å². The first kappa shape index (κ1) is 14.5. The molecule has 0 aromatic heterocycles. The van der Waals surface area contributed by atoms with E-state index in [2.05, 4.69) is 21.2 Å². The van der Waals surface area contributed by atoms with E-state index in [9.17, 15) is 8.78 Å². The number of hydrogen-bond donors (Lipinski definition) is 1. The third kappa shape index (κ3) is 6.10. The Morgan fingerprint density at radius 1 is 1.29 bits per heavy atom. The normalized spacial score (nSPS) is 13.0. The molecule has 5 heteroatoms. The molecule has 96 valence electrons. The van der Waals surface area contributed by atoms with Gasteiger partial charge in [-0.2, -0.15) is 0 Å². The number of ether oxygens (including phenoxy) is 1. The van der Waals surface area contributed by atoms with E-state index in [0.29, 0.717) is 13.2 Å². The molecule has 1 rings (SSSR count). The van der Waals surface area contributed by atoms with Crippen molar-refractivity contribution in [2.24, 2.45) is 0 Å². The summed E-state index contributed by atoms with van der Waals surface area (Å²) < 4.78 is 29.4. The Balaban J connectivity index is 2.21. The molecule has 17 heavy (non-hydrogen) atoms. The smallest absolute Gasteiger partial charge is 0.261 e. The van der Waals surface area contributed by atoms with Crippen molar-refractivity contribution < 1.29 is 13.5 Å². The Morgan fingerprint density at radius 2 is 1.94 bits per heavy atom. The van der Waals surface area contributed by atoms with Crippen LogP contribution in [-0.2, 0) is 4.74 Å². The standard InChI is InChI=1S/C12H16BrF2NO/c1-9(10-2-4-11(13)5-3-10)16-6-7-17-8-12(14)15/h2-5,9,12,16H,6-8H2,1H3. The second-order valence-electron chi connectivity index (χ2n) is 3.69. The van der Waals surface area contributed by atoms with E-state index in [1.807, 2.05) is 31.2 Å². The molecule has 0 radical (unpaired) electrons. The first-order valence-electron chi connectivity index (χ1n) is 5.44. The summed E-state index contributed by atoms with van der Waals surface area (Å²) in [6, 6.07) is 8.16. The summed E-state index contributed by atoms with van der Waals surface area (Å²) in [5.41, 5.74) is 1.15. The molecule has 1 atom stereocenters. The number of nitrogens with one attached hydrogen (secondary N) is 1. The van der Waals surface area contributed by atoms with Crippen molar-refractivity contribution >= 4 is 15.9 Å². The van der Waals surface area contributed by atoms with Crippen molar-refractivity contribution in [2.45, 2.75) is 19.4 Å². The van der Waals surface area contributed by atoms with Gasteiger partial charge in [-0.1, -0.05) is 28.1 Å². The van der Waals surface area contributed by atoms with Crippen molar-refractivity contribution in [2.75, 3.05) is 19.8 Å². The zero-order valence-corrected chi connectivity index (χ0v) is 11.2. The monoisotopic (exact) mass is 307 g/mol. The average molecular weight is 308 g/mol. The van der Waals surface area contributed by atoms with E-state index in [1.165, 1.54) is 0 Å². The fraction of sp³-hybridized carbons (Fsp3) is 0.500. The molecular formula is C12H16BrF2NO. The number of benzene rings is 1. The van der Waals surface area contributed by atoms with Gasteiger partial charge >= 0.3 is 0 Å². The molecule has 0 aliphatic rings. The van der Waals surface area contributed by atoms with E-state index in [-0.39, 0.29) is 6.04 Å². The maximum Gasteiger partial charge on any atom is 0.261 e. The van der Waals surface area contributed by atoms with Crippen LogP contribution in [0.1, 0.15) is 18.5 Å². The van der Waals surface area contributed by atoms with E-state index in [1.54, 1.807) is 0 Å². The van der Waals surface area contributed by atoms with Crippen molar-refractivity contribution in [3.63, 3.8) is 0 Å². The first-order chi connectivity index (χ1) is 8.09. The third-order valence-corrected chi connectivity index (χ3v) is 2.84. The maximum atomic E-state index is 11.8. The van der Waals surface area contributed by atoms with Crippen molar-refractivity contribution in [1.82, 2.24) is 5.32 Å². The maximum absolute atomic E-state index is 11.8. The molecule has 2 nitrogen and oxygen atoms in total. The van der Waals surface area contributed by atoms with Gasteiger partial charge in [0.25, 0.3) is 6.43 Å². The highest BCUT2D eigenvalue weighted by atomic mass is 79.9. The third-order valence-electron chi connectivity index (χ3n) is 2.31. The number of rotatable bonds is 7. The summed E-state index contributed by atoms with van der Waals surface area (Å²) in [6.07, 6.45) is -2.39. The fourth-order valence-electron chi connectivity index (χ4n) is 1.39. The quantitative estimate of drug-likeness (QED) is 0.780. The Morgan fingerprint density at radius 3 is 2.53 bits per heavy atom. The summed E-state index contributed by atoms with van der Waals surface area (Å²) in [7, 11) is 0. The van der Waals surface area contributed by atoms with Gasteiger partial charge in [0.05, 0.1) is 6.61 Å². The van der Waals surface area contributed by atoms with Crippen molar-refractivity contribution in [1.29, 1.82) is 0 Å². The average Bonchev–Trinajstić information content (AvgIpc) is 2.29. The summed E-state index contributed by atoms with van der Waals surface area (Å²) in [4.78, 5) is 0. The van der Waals surface area contributed by atoms with Crippen molar-refractivity contribution in [3.05, 3.63) is 34.3 Å². The number of alkyl halides is 2. The molecule has 1 aromatic rings. The molecule has 0 fully saturated rings. The first-order valence-corrected chi connectivity index (χ1v) is 6.23. The Labute approximate surface area is 108 Å². The highest BCUT2D eigenvalue weighted by molar-refractivity contribution is 9.10. The van der Waals surface area contributed by atoms with Gasteiger partial charge in [0.2, 0.25) is 0 Å². The second-order valence-corrected chi connectivity index (χ2v) is 4.61. The topological polar surface area (TPSA) is 21.3 Å². The van der Waals surface area contributed by atoms with Gasteiger partial charge in [-0.25, -0.2) is 8.78 Å². The Hall–Kier alpha value is -0.520. The predicted octanol–water partition coefficient (Wildman–Crippen LogP) is 3.38. The molecule has 1 unspecified atom stereocenters. The predicted molar refractivity (Wildman–Crippen MR) is 67.4 cm³/mol. The molecule has 1 aromatic carbocycles. The van der Waals surface area contributed by atoms with Gasteiger partial charge in [0.15, 0.2) is 0 Å². The van der Waals surface area contributed by atoms with Gasteiger partial charge in [-0.3, -0.25) is 0 Å². The lowest BCUT2D eigenvalue weighted by atomic mass is 10.1. The molecule has 0 spiro atoms. The zero-order chi connectivity index (χ0) is 12.7. The lowest BCUT2D eigenvalue weighted by molar-refractivity contribution is 0.0183. The van der Waals surface area contributed by atoms with Crippen LogP contribution in [0.3, 0.4) is 0 Å². The van der Waals surface area contributed by atoms with Crippen LogP contribution in [-0.4, -0.2) is 26.2 Å². The van der Waals surface area contributed by atoms with Gasteiger partial charge in [0.1, 0.15) is 6.61 Å². The molecule has 0 saturated heterocycles. The molecule has 0 heterocycles. The largest absolute Gasteiger partial charge is 0.374 e. The number of halogens is 3. The molecular weight excluding hydrogens is 292 g/mol. The number of hydrogen-bond acceptors (Lipinski definition) is 2. The highest BCUT2D eigenvalue weighted by Crippen LogP contribution is 2.16. The molecule has 0 saturated carbocycles. The molecule has 0 aliphatic heterocycles. The molecule has 0 bridgehead atoms. The van der Waals surface area contributed by atoms with E-state index in [4.69, 9.17) is 4.74 Å². The minimum Gasteiger partial charge on any atom is -0.374 e. The Bertz CT molecular complexity index is 319. The van der Waals surface area contributed by atoms with Crippen LogP contribution in [0, 0.1) is 0 Å². The Kier molecular flexibility index (Phi) is 6.62. The van der Waals surface area contributed by atoms with Crippen molar-refractivity contribution in [3.8, 4) is 0 Å². The van der Waals surface area contributed by atoms with E-state index < -0.39 is 13.0 Å². The summed E-state index contributed by atoms with van der Waals surface area (Å²) in [6.45, 7) is 2.39. The lowest BCUT2D eigenvalue weighted by Crippen LogP contribution is -2.24. The summed E-state index contributed by atoms with van der Waals surface area (Å²) in [5.74, 6) is 0. The van der Waals surface area contributed by atoms with Gasteiger partial charge in [-0.05, 0) is 24.6 Å². The van der Waals surface area contributed by atoms with Crippen LogP contribution in [0.25, 0.3) is 0 Å². The minimum atomic E-state index is -2.39. The minimum absolute atomic E-state index is 0.179. The molecule has 0 aliphatic carbocycles.